The molecule has 102 valence electrons. The van der Waals surface area contributed by atoms with E-state index in [-0.39, 0.29) is 24.2 Å². The number of carboxylic acids is 1. The first-order valence-electron chi connectivity index (χ1n) is 6.24. The van der Waals surface area contributed by atoms with Crippen LogP contribution in [0.1, 0.15) is 32.1 Å². The average Bonchev–Trinajstić information content (AvgIpc) is 2.63. The van der Waals surface area contributed by atoms with Gasteiger partial charge in [-0.3, -0.25) is 14.4 Å². The lowest BCUT2D eigenvalue weighted by Crippen LogP contribution is -2.32. The molecule has 0 aromatic rings. The fourth-order valence-electron chi connectivity index (χ4n) is 1.97. The maximum absolute atomic E-state index is 11.7. The monoisotopic (exact) mass is 256 g/mol. The summed E-state index contributed by atoms with van der Waals surface area (Å²) in [7, 11) is 1.70. The van der Waals surface area contributed by atoms with Crippen LogP contribution in [-0.2, 0) is 14.4 Å². The number of aliphatic carboxylic acids is 1. The topological polar surface area (TPSA) is 86.7 Å². The first-order chi connectivity index (χ1) is 8.50. The Morgan fingerprint density at radius 2 is 2.11 bits per heavy atom. The molecule has 1 aliphatic heterocycles. The van der Waals surface area contributed by atoms with Crippen molar-refractivity contribution in [3.05, 3.63) is 0 Å². The number of likely N-dealkylation sites (tertiary alicyclic amines) is 1. The second-order valence-corrected chi connectivity index (χ2v) is 4.67. The molecule has 1 aliphatic rings. The number of carbonyl (C=O) groups is 3. The van der Waals surface area contributed by atoms with Gasteiger partial charge in [-0.15, -0.1) is 0 Å². The van der Waals surface area contributed by atoms with E-state index in [0.29, 0.717) is 25.9 Å². The summed E-state index contributed by atoms with van der Waals surface area (Å²) in [4.78, 5) is 34.8. The third-order valence-electron chi connectivity index (χ3n) is 3.08. The van der Waals surface area contributed by atoms with Gasteiger partial charge in [-0.1, -0.05) is 6.42 Å². The van der Waals surface area contributed by atoms with Gasteiger partial charge in [-0.05, 0) is 12.8 Å². The predicted molar refractivity (Wildman–Crippen MR) is 64.9 cm³/mol. The molecule has 6 heteroatoms. The van der Waals surface area contributed by atoms with Gasteiger partial charge in [0.2, 0.25) is 11.8 Å². The first kappa shape index (κ1) is 14.5. The van der Waals surface area contributed by atoms with Gasteiger partial charge >= 0.3 is 5.97 Å². The smallest absolute Gasteiger partial charge is 0.303 e. The molecule has 1 atom stereocenters. The summed E-state index contributed by atoms with van der Waals surface area (Å²) in [6.07, 6.45) is 2.67. The molecule has 0 spiro atoms. The minimum Gasteiger partial charge on any atom is -0.481 e. The molecule has 1 heterocycles. The second kappa shape index (κ2) is 6.98. The zero-order chi connectivity index (χ0) is 13.5. The second-order valence-electron chi connectivity index (χ2n) is 4.67. The molecule has 1 fully saturated rings. The van der Waals surface area contributed by atoms with Crippen LogP contribution in [0, 0.1) is 5.92 Å². The van der Waals surface area contributed by atoms with Crippen LogP contribution < -0.4 is 5.32 Å². The number of carbonyl (C=O) groups excluding carboxylic acids is 2. The SMILES string of the molecule is CN1CC(C(=O)NCCCCCC(=O)O)CC1=O. The summed E-state index contributed by atoms with van der Waals surface area (Å²) in [5, 5.41) is 11.2. The highest BCUT2D eigenvalue weighted by atomic mass is 16.4. The van der Waals surface area contributed by atoms with Crippen LogP contribution in [0.3, 0.4) is 0 Å². The van der Waals surface area contributed by atoms with Crippen LogP contribution in [0.15, 0.2) is 0 Å². The summed E-state index contributed by atoms with van der Waals surface area (Å²) in [6, 6.07) is 0. The molecule has 1 saturated heterocycles. The van der Waals surface area contributed by atoms with Crippen LogP contribution in [0.5, 0.6) is 0 Å². The number of amides is 2. The Morgan fingerprint density at radius 1 is 1.39 bits per heavy atom. The largest absolute Gasteiger partial charge is 0.481 e. The van der Waals surface area contributed by atoms with Gasteiger partial charge < -0.3 is 15.3 Å². The molecule has 0 radical (unpaired) electrons. The van der Waals surface area contributed by atoms with E-state index in [0.717, 1.165) is 12.8 Å². The van der Waals surface area contributed by atoms with Crippen molar-refractivity contribution in [2.24, 2.45) is 5.92 Å². The zero-order valence-electron chi connectivity index (χ0n) is 10.6. The minimum absolute atomic E-state index is 0.0107. The van der Waals surface area contributed by atoms with Crippen molar-refractivity contribution in [1.82, 2.24) is 10.2 Å². The maximum Gasteiger partial charge on any atom is 0.303 e. The summed E-state index contributed by atoms with van der Waals surface area (Å²) in [6.45, 7) is 1.04. The molecular formula is C12H20N2O4. The zero-order valence-corrected chi connectivity index (χ0v) is 10.6. The fraction of sp³-hybridized carbons (Fsp3) is 0.750. The summed E-state index contributed by atoms with van der Waals surface area (Å²) in [5.74, 6) is -1.09. The molecule has 1 unspecified atom stereocenters. The van der Waals surface area contributed by atoms with Gasteiger partial charge in [-0.25, -0.2) is 0 Å². The van der Waals surface area contributed by atoms with E-state index in [9.17, 15) is 14.4 Å². The molecule has 2 N–H and O–H groups in total. The Morgan fingerprint density at radius 3 is 2.67 bits per heavy atom. The quantitative estimate of drug-likeness (QED) is 0.638. The Bertz CT molecular complexity index is 330. The van der Waals surface area contributed by atoms with Crippen LogP contribution in [0.4, 0.5) is 0 Å². The molecule has 2 amide bonds. The van der Waals surface area contributed by atoms with E-state index in [2.05, 4.69) is 5.32 Å². The number of nitrogens with zero attached hydrogens (tertiary/aromatic N) is 1. The average molecular weight is 256 g/mol. The van der Waals surface area contributed by atoms with Crippen LogP contribution >= 0.6 is 0 Å². The minimum atomic E-state index is -0.786. The highest BCUT2D eigenvalue weighted by Gasteiger charge is 2.31. The van der Waals surface area contributed by atoms with E-state index in [4.69, 9.17) is 5.11 Å². The fourth-order valence-corrected chi connectivity index (χ4v) is 1.97. The van der Waals surface area contributed by atoms with Crippen molar-refractivity contribution in [2.45, 2.75) is 32.1 Å². The van der Waals surface area contributed by atoms with E-state index in [1.807, 2.05) is 0 Å². The molecule has 0 aromatic heterocycles. The third-order valence-corrected chi connectivity index (χ3v) is 3.08. The van der Waals surface area contributed by atoms with E-state index in [1.54, 1.807) is 11.9 Å². The lowest BCUT2D eigenvalue weighted by Gasteiger charge is -2.10. The lowest BCUT2D eigenvalue weighted by atomic mass is 10.1. The van der Waals surface area contributed by atoms with Crippen molar-refractivity contribution < 1.29 is 19.5 Å². The van der Waals surface area contributed by atoms with Crippen LogP contribution in [-0.4, -0.2) is 47.9 Å². The Labute approximate surface area is 106 Å². The predicted octanol–water partition coefficient (Wildman–Crippen LogP) is 0.226. The Hall–Kier alpha value is -1.59. The Balaban J connectivity index is 2.07. The Kier molecular flexibility index (Phi) is 5.61. The van der Waals surface area contributed by atoms with Gasteiger partial charge in [0.25, 0.3) is 0 Å². The lowest BCUT2D eigenvalue weighted by molar-refractivity contribution is -0.137. The summed E-state index contributed by atoms with van der Waals surface area (Å²) in [5.41, 5.74) is 0. The molecular weight excluding hydrogens is 236 g/mol. The number of unbranched alkanes of at least 4 members (excludes halogenated alkanes) is 2. The van der Waals surface area contributed by atoms with E-state index < -0.39 is 5.97 Å². The van der Waals surface area contributed by atoms with Crippen molar-refractivity contribution >= 4 is 17.8 Å². The number of hydrogen-bond acceptors (Lipinski definition) is 3. The van der Waals surface area contributed by atoms with Gasteiger partial charge in [0.1, 0.15) is 0 Å². The molecule has 18 heavy (non-hydrogen) atoms. The van der Waals surface area contributed by atoms with Gasteiger partial charge in [0.15, 0.2) is 0 Å². The summed E-state index contributed by atoms with van der Waals surface area (Å²) >= 11 is 0. The number of rotatable bonds is 7. The van der Waals surface area contributed by atoms with Gasteiger partial charge in [0.05, 0.1) is 5.92 Å². The van der Waals surface area contributed by atoms with Crippen molar-refractivity contribution in [3.63, 3.8) is 0 Å². The van der Waals surface area contributed by atoms with Crippen LogP contribution in [0.25, 0.3) is 0 Å². The van der Waals surface area contributed by atoms with E-state index in [1.165, 1.54) is 0 Å². The van der Waals surface area contributed by atoms with Crippen molar-refractivity contribution in [1.29, 1.82) is 0 Å². The third kappa shape index (κ3) is 4.73. The molecule has 1 rings (SSSR count). The highest BCUT2D eigenvalue weighted by molar-refractivity contribution is 5.89. The number of carboxylic acid groups (broad SMARTS) is 1. The van der Waals surface area contributed by atoms with Crippen molar-refractivity contribution in [2.75, 3.05) is 20.1 Å². The molecule has 0 saturated carbocycles. The number of hydrogen-bond donors (Lipinski definition) is 2. The normalized spacial score (nSPS) is 19.1. The first-order valence-corrected chi connectivity index (χ1v) is 6.24. The summed E-state index contributed by atoms with van der Waals surface area (Å²) < 4.78 is 0. The van der Waals surface area contributed by atoms with Gasteiger partial charge in [-0.2, -0.15) is 0 Å². The molecule has 0 aromatic carbocycles. The maximum atomic E-state index is 11.7. The van der Waals surface area contributed by atoms with Crippen molar-refractivity contribution in [3.8, 4) is 0 Å². The van der Waals surface area contributed by atoms with Gasteiger partial charge in [0, 0.05) is 33.0 Å². The highest BCUT2D eigenvalue weighted by Crippen LogP contribution is 2.15. The van der Waals surface area contributed by atoms with E-state index >= 15 is 0 Å². The molecule has 0 bridgehead atoms. The molecule has 0 aliphatic carbocycles. The standard InChI is InChI=1S/C12H20N2O4/c1-14-8-9(7-10(14)15)12(18)13-6-4-2-3-5-11(16)17/h9H,2-8H2,1H3,(H,13,18)(H,16,17). The molecule has 6 nitrogen and oxygen atoms in total. The van der Waals surface area contributed by atoms with Crippen LogP contribution in [0.2, 0.25) is 0 Å². The number of nitrogens with one attached hydrogen (secondary N) is 1.